The summed E-state index contributed by atoms with van der Waals surface area (Å²) in [5.41, 5.74) is 3.67. The largest absolute Gasteiger partial charge is 0.322 e. The molecular weight excluding hydrogens is 195 g/mol. The van der Waals surface area contributed by atoms with Crippen molar-refractivity contribution in [3.05, 3.63) is 35.8 Å². The van der Waals surface area contributed by atoms with Gasteiger partial charge >= 0.3 is 0 Å². The first kappa shape index (κ1) is 9.37. The van der Waals surface area contributed by atoms with Crippen molar-refractivity contribution in [1.82, 2.24) is 4.98 Å². The molecule has 1 heterocycles. The van der Waals surface area contributed by atoms with Crippen molar-refractivity contribution in [3.8, 4) is 6.07 Å². The van der Waals surface area contributed by atoms with E-state index in [2.05, 4.69) is 10.4 Å². The second-order valence-electron chi connectivity index (χ2n) is 2.96. The second-order valence-corrected chi connectivity index (χ2v) is 2.96. The van der Waals surface area contributed by atoms with Crippen LogP contribution in [0.15, 0.2) is 24.4 Å². The fourth-order valence-corrected chi connectivity index (χ4v) is 1.41. The normalized spacial score (nSPS) is 9.93. The van der Waals surface area contributed by atoms with Crippen molar-refractivity contribution in [2.75, 3.05) is 5.43 Å². The number of nitrogens with one attached hydrogen (secondary N) is 1. The van der Waals surface area contributed by atoms with Crippen molar-refractivity contribution >= 4 is 16.6 Å². The molecule has 2 aromatic rings. The molecule has 5 heteroatoms. The van der Waals surface area contributed by atoms with Crippen LogP contribution in [0.1, 0.15) is 5.56 Å². The molecule has 0 atom stereocenters. The number of anilines is 1. The van der Waals surface area contributed by atoms with Gasteiger partial charge in [-0.2, -0.15) is 5.26 Å². The van der Waals surface area contributed by atoms with Gasteiger partial charge in [0.1, 0.15) is 11.9 Å². The zero-order valence-electron chi connectivity index (χ0n) is 7.66. The Kier molecular flexibility index (Phi) is 2.20. The van der Waals surface area contributed by atoms with E-state index in [0.29, 0.717) is 22.2 Å². The van der Waals surface area contributed by atoms with E-state index in [4.69, 9.17) is 11.1 Å². The van der Waals surface area contributed by atoms with Crippen molar-refractivity contribution in [3.63, 3.8) is 0 Å². The molecule has 0 aliphatic heterocycles. The van der Waals surface area contributed by atoms with Crippen LogP contribution < -0.4 is 11.3 Å². The maximum atomic E-state index is 12.9. The average molecular weight is 202 g/mol. The fraction of sp³-hybridized carbons (Fsp3) is 0. The van der Waals surface area contributed by atoms with Crippen molar-refractivity contribution in [1.29, 1.82) is 5.26 Å². The lowest BCUT2D eigenvalue weighted by atomic mass is 10.1. The van der Waals surface area contributed by atoms with Gasteiger partial charge in [0.05, 0.1) is 16.8 Å². The Morgan fingerprint density at radius 1 is 1.47 bits per heavy atom. The van der Waals surface area contributed by atoms with Crippen LogP contribution in [0.5, 0.6) is 0 Å². The van der Waals surface area contributed by atoms with Gasteiger partial charge in [-0.25, -0.2) is 4.39 Å². The minimum Gasteiger partial charge on any atom is -0.322 e. The Morgan fingerprint density at radius 2 is 2.27 bits per heavy atom. The summed E-state index contributed by atoms with van der Waals surface area (Å²) in [7, 11) is 0. The number of pyridine rings is 1. The summed E-state index contributed by atoms with van der Waals surface area (Å²) in [6.07, 6.45) is 1.36. The Hall–Kier alpha value is -2.19. The van der Waals surface area contributed by atoms with Gasteiger partial charge in [-0.1, -0.05) is 0 Å². The number of halogens is 1. The number of hydrazine groups is 1. The molecule has 0 saturated carbocycles. The predicted octanol–water partition coefficient (Wildman–Crippen LogP) is 1.53. The molecule has 15 heavy (non-hydrogen) atoms. The quantitative estimate of drug-likeness (QED) is 0.543. The number of nitrogen functional groups attached to an aromatic ring is 1. The number of nitrogens with two attached hydrogens (primary N) is 1. The van der Waals surface area contributed by atoms with Crippen molar-refractivity contribution < 1.29 is 4.39 Å². The molecule has 0 saturated heterocycles. The Labute approximate surface area is 85.1 Å². The molecule has 74 valence electrons. The van der Waals surface area contributed by atoms with E-state index < -0.39 is 0 Å². The maximum absolute atomic E-state index is 12.9. The molecule has 1 aromatic carbocycles. The maximum Gasteiger partial charge on any atom is 0.125 e. The third kappa shape index (κ3) is 1.47. The lowest BCUT2D eigenvalue weighted by Crippen LogP contribution is -2.09. The van der Waals surface area contributed by atoms with E-state index in [1.54, 1.807) is 0 Å². The number of rotatable bonds is 1. The third-order valence-corrected chi connectivity index (χ3v) is 2.10. The van der Waals surface area contributed by atoms with Gasteiger partial charge in [0.25, 0.3) is 0 Å². The van der Waals surface area contributed by atoms with E-state index >= 15 is 0 Å². The highest BCUT2D eigenvalue weighted by Crippen LogP contribution is 2.24. The highest BCUT2D eigenvalue weighted by molar-refractivity contribution is 5.93. The van der Waals surface area contributed by atoms with Crippen LogP contribution in [0, 0.1) is 17.1 Å². The van der Waals surface area contributed by atoms with E-state index in [1.165, 1.54) is 24.4 Å². The van der Waals surface area contributed by atoms with E-state index in [-0.39, 0.29) is 5.82 Å². The molecule has 0 radical (unpaired) electrons. The number of nitrogens with zero attached hydrogens (tertiary/aromatic N) is 2. The monoisotopic (exact) mass is 202 g/mol. The van der Waals surface area contributed by atoms with Gasteiger partial charge in [0, 0.05) is 17.6 Å². The minimum atomic E-state index is -0.373. The highest BCUT2D eigenvalue weighted by Gasteiger charge is 2.07. The molecule has 4 nitrogen and oxygen atoms in total. The zero-order valence-corrected chi connectivity index (χ0v) is 7.66. The molecule has 0 amide bonds. The summed E-state index contributed by atoms with van der Waals surface area (Å²) < 4.78 is 12.9. The number of hydrogen-bond acceptors (Lipinski definition) is 4. The SMILES string of the molecule is N#Cc1cnc2cc(F)ccc2c1NN. The van der Waals surface area contributed by atoms with E-state index in [9.17, 15) is 4.39 Å². The molecule has 0 aliphatic rings. The van der Waals surface area contributed by atoms with Gasteiger partial charge in [0.2, 0.25) is 0 Å². The van der Waals surface area contributed by atoms with Gasteiger partial charge in [-0.3, -0.25) is 10.8 Å². The third-order valence-electron chi connectivity index (χ3n) is 2.10. The molecule has 2 rings (SSSR count). The van der Waals surface area contributed by atoms with Gasteiger partial charge in [-0.15, -0.1) is 0 Å². The lowest BCUT2D eigenvalue weighted by Gasteiger charge is -2.06. The summed E-state index contributed by atoms with van der Waals surface area (Å²) in [6, 6.07) is 6.08. The molecule has 0 unspecified atom stereocenters. The summed E-state index contributed by atoms with van der Waals surface area (Å²) in [5, 5.41) is 9.43. The summed E-state index contributed by atoms with van der Waals surface area (Å²) in [6.45, 7) is 0. The fourth-order valence-electron chi connectivity index (χ4n) is 1.41. The van der Waals surface area contributed by atoms with E-state index in [0.717, 1.165) is 0 Å². The first-order valence-corrected chi connectivity index (χ1v) is 4.21. The molecular formula is C10H7FN4. The Morgan fingerprint density at radius 3 is 2.93 bits per heavy atom. The Balaban J connectivity index is 2.83. The lowest BCUT2D eigenvalue weighted by molar-refractivity contribution is 0.629. The second kappa shape index (κ2) is 3.52. The first-order valence-electron chi connectivity index (χ1n) is 4.21. The predicted molar refractivity (Wildman–Crippen MR) is 54.2 cm³/mol. The van der Waals surface area contributed by atoms with E-state index in [1.807, 2.05) is 6.07 Å². The molecule has 0 bridgehead atoms. The summed E-state index contributed by atoms with van der Waals surface area (Å²) in [4.78, 5) is 3.96. The number of fused-ring (bicyclic) bond motifs is 1. The number of hydrogen-bond donors (Lipinski definition) is 2. The zero-order chi connectivity index (χ0) is 10.8. The number of benzene rings is 1. The standard InChI is InChI=1S/C10H7FN4/c11-7-1-2-8-9(3-7)14-5-6(4-12)10(8)15-13/h1-3,5H,13H2,(H,14,15). The Bertz CT molecular complexity index is 559. The van der Waals surface area contributed by atoms with Crippen molar-refractivity contribution in [2.24, 2.45) is 5.84 Å². The van der Waals surface area contributed by atoms with Crippen LogP contribution >= 0.6 is 0 Å². The van der Waals surface area contributed by atoms with Crippen LogP contribution in [-0.4, -0.2) is 4.98 Å². The van der Waals surface area contributed by atoms with Crippen LogP contribution in [0.4, 0.5) is 10.1 Å². The number of nitriles is 1. The topological polar surface area (TPSA) is 74.7 Å². The van der Waals surface area contributed by atoms with Gasteiger partial charge in [-0.05, 0) is 12.1 Å². The smallest absolute Gasteiger partial charge is 0.125 e. The van der Waals surface area contributed by atoms with Crippen molar-refractivity contribution in [2.45, 2.75) is 0 Å². The highest BCUT2D eigenvalue weighted by atomic mass is 19.1. The van der Waals surface area contributed by atoms with Gasteiger partial charge in [0.15, 0.2) is 0 Å². The van der Waals surface area contributed by atoms with Crippen LogP contribution in [0.2, 0.25) is 0 Å². The molecule has 0 fully saturated rings. The summed E-state index contributed by atoms with van der Waals surface area (Å²) in [5.74, 6) is 4.94. The minimum absolute atomic E-state index is 0.330. The average Bonchev–Trinajstić information content (AvgIpc) is 2.27. The van der Waals surface area contributed by atoms with Crippen LogP contribution in [-0.2, 0) is 0 Å². The molecule has 3 N–H and O–H groups in total. The van der Waals surface area contributed by atoms with Crippen LogP contribution in [0.25, 0.3) is 10.9 Å². The summed E-state index contributed by atoms with van der Waals surface area (Å²) >= 11 is 0. The molecule has 0 spiro atoms. The van der Waals surface area contributed by atoms with Crippen LogP contribution in [0.3, 0.4) is 0 Å². The molecule has 0 aliphatic carbocycles. The first-order chi connectivity index (χ1) is 7.26. The molecule has 1 aromatic heterocycles. The van der Waals surface area contributed by atoms with Gasteiger partial charge < -0.3 is 5.43 Å². The number of aromatic nitrogens is 1.